The second kappa shape index (κ2) is 5.73. The highest BCUT2D eigenvalue weighted by molar-refractivity contribution is 7.85. The van der Waals surface area contributed by atoms with E-state index in [1.165, 1.54) is 7.11 Å². The third-order valence-corrected chi connectivity index (χ3v) is 5.88. The molecule has 3 aliphatic rings. The van der Waals surface area contributed by atoms with Crippen LogP contribution in [-0.2, 0) is 20.3 Å². The first-order chi connectivity index (χ1) is 9.64. The van der Waals surface area contributed by atoms with E-state index in [1.807, 2.05) is 0 Å². The summed E-state index contributed by atoms with van der Waals surface area (Å²) in [5.74, 6) is 1.75. The van der Waals surface area contributed by atoms with Crippen molar-refractivity contribution >= 4 is 16.8 Å². The molecular formula is C14H24N2O3S. The highest BCUT2D eigenvalue weighted by Gasteiger charge is 2.54. The van der Waals surface area contributed by atoms with E-state index in [0.29, 0.717) is 18.5 Å². The lowest BCUT2D eigenvalue weighted by atomic mass is 9.91. The molecule has 0 aromatic rings. The van der Waals surface area contributed by atoms with Gasteiger partial charge >= 0.3 is 5.97 Å². The standard InChI is InChI=1S/C14H24N2O3S/c1-19-13(17)14(11-2-3-11,15-12-4-5-12)10-16-6-8-20(18)9-7-16/h11-12,15H,2-10H2,1H3. The molecule has 0 radical (unpaired) electrons. The fourth-order valence-electron chi connectivity index (χ4n) is 3.12. The Balaban J connectivity index is 1.72. The number of carbonyl (C=O) groups is 1. The van der Waals surface area contributed by atoms with Crippen LogP contribution in [0, 0.1) is 5.92 Å². The lowest BCUT2D eigenvalue weighted by Gasteiger charge is -2.38. The number of ether oxygens (including phenoxy) is 1. The Morgan fingerprint density at radius 3 is 2.45 bits per heavy atom. The molecule has 0 bridgehead atoms. The van der Waals surface area contributed by atoms with Gasteiger partial charge in [0.1, 0.15) is 5.54 Å². The maximum absolute atomic E-state index is 12.4. The van der Waals surface area contributed by atoms with Gasteiger partial charge in [-0.2, -0.15) is 0 Å². The van der Waals surface area contributed by atoms with Crippen LogP contribution in [0.2, 0.25) is 0 Å². The number of hydrogen-bond acceptors (Lipinski definition) is 5. The summed E-state index contributed by atoms with van der Waals surface area (Å²) in [5, 5.41) is 3.58. The Labute approximate surface area is 122 Å². The van der Waals surface area contributed by atoms with Gasteiger partial charge in [-0.3, -0.25) is 14.4 Å². The van der Waals surface area contributed by atoms with Crippen molar-refractivity contribution in [1.82, 2.24) is 10.2 Å². The largest absolute Gasteiger partial charge is 0.468 e. The van der Waals surface area contributed by atoms with Crippen molar-refractivity contribution in [3.63, 3.8) is 0 Å². The van der Waals surface area contributed by atoms with Gasteiger partial charge in [0, 0.05) is 48.0 Å². The highest BCUT2D eigenvalue weighted by atomic mass is 32.2. The Kier molecular flexibility index (Phi) is 4.15. The molecule has 1 saturated heterocycles. The minimum Gasteiger partial charge on any atom is -0.468 e. The molecule has 3 rings (SSSR count). The van der Waals surface area contributed by atoms with Crippen LogP contribution in [0.1, 0.15) is 25.7 Å². The zero-order chi connectivity index (χ0) is 14.2. The zero-order valence-electron chi connectivity index (χ0n) is 12.1. The summed E-state index contributed by atoms with van der Waals surface area (Å²) in [6.07, 6.45) is 4.54. The first kappa shape index (κ1) is 14.5. The van der Waals surface area contributed by atoms with Gasteiger partial charge in [-0.05, 0) is 31.6 Å². The number of esters is 1. The maximum Gasteiger partial charge on any atom is 0.327 e. The van der Waals surface area contributed by atoms with Crippen molar-refractivity contribution in [1.29, 1.82) is 0 Å². The summed E-state index contributed by atoms with van der Waals surface area (Å²) in [4.78, 5) is 14.7. The van der Waals surface area contributed by atoms with Crippen LogP contribution in [0.3, 0.4) is 0 Å². The van der Waals surface area contributed by atoms with Crippen LogP contribution >= 0.6 is 0 Å². The molecule has 1 aliphatic heterocycles. The van der Waals surface area contributed by atoms with Crippen molar-refractivity contribution in [2.45, 2.75) is 37.3 Å². The van der Waals surface area contributed by atoms with E-state index in [9.17, 15) is 9.00 Å². The summed E-state index contributed by atoms with van der Waals surface area (Å²) in [7, 11) is 0.812. The summed E-state index contributed by atoms with van der Waals surface area (Å²) in [5.41, 5.74) is -0.533. The van der Waals surface area contributed by atoms with Crippen molar-refractivity contribution in [2.75, 3.05) is 38.2 Å². The predicted molar refractivity (Wildman–Crippen MR) is 77.9 cm³/mol. The van der Waals surface area contributed by atoms with Gasteiger partial charge < -0.3 is 4.74 Å². The molecule has 0 aromatic carbocycles. The number of nitrogens with zero attached hydrogens (tertiary/aromatic N) is 1. The first-order valence-corrected chi connectivity index (χ1v) is 9.06. The molecular weight excluding hydrogens is 276 g/mol. The molecule has 6 heteroatoms. The SMILES string of the molecule is COC(=O)C(CN1CCS(=O)CC1)(NC1CC1)C1CC1. The normalized spacial score (nSPS) is 28.1. The first-order valence-electron chi connectivity index (χ1n) is 7.57. The minimum atomic E-state index is -0.673. The van der Waals surface area contributed by atoms with Gasteiger partial charge in [0.15, 0.2) is 0 Å². The second-order valence-corrected chi connectivity index (χ2v) is 7.98. The molecule has 114 valence electrons. The summed E-state index contributed by atoms with van der Waals surface area (Å²) in [6.45, 7) is 2.35. The number of rotatable bonds is 6. The summed E-state index contributed by atoms with van der Waals surface area (Å²) >= 11 is 0. The van der Waals surface area contributed by atoms with Crippen LogP contribution in [0.15, 0.2) is 0 Å². The van der Waals surface area contributed by atoms with E-state index < -0.39 is 16.3 Å². The maximum atomic E-state index is 12.4. The lowest BCUT2D eigenvalue weighted by molar-refractivity contribution is -0.151. The van der Waals surface area contributed by atoms with E-state index in [-0.39, 0.29) is 5.97 Å². The number of hydrogen-bond donors (Lipinski definition) is 1. The molecule has 2 aliphatic carbocycles. The molecule has 20 heavy (non-hydrogen) atoms. The molecule has 2 saturated carbocycles. The molecule has 0 amide bonds. The minimum absolute atomic E-state index is 0.112. The van der Waals surface area contributed by atoms with Crippen LogP contribution in [0.25, 0.3) is 0 Å². The van der Waals surface area contributed by atoms with Gasteiger partial charge in [0.25, 0.3) is 0 Å². The summed E-state index contributed by atoms with van der Waals surface area (Å²) in [6, 6.07) is 0.480. The van der Waals surface area contributed by atoms with E-state index in [4.69, 9.17) is 4.74 Å². The van der Waals surface area contributed by atoms with Crippen LogP contribution in [0.5, 0.6) is 0 Å². The molecule has 1 unspecified atom stereocenters. The third-order valence-electron chi connectivity index (χ3n) is 4.61. The van der Waals surface area contributed by atoms with Gasteiger partial charge in [-0.25, -0.2) is 4.79 Å². The monoisotopic (exact) mass is 300 g/mol. The van der Waals surface area contributed by atoms with E-state index in [1.54, 1.807) is 0 Å². The molecule has 1 heterocycles. The van der Waals surface area contributed by atoms with E-state index >= 15 is 0 Å². The Hall–Kier alpha value is -0.460. The quantitative estimate of drug-likeness (QED) is 0.706. The Morgan fingerprint density at radius 2 is 1.95 bits per heavy atom. The smallest absolute Gasteiger partial charge is 0.327 e. The van der Waals surface area contributed by atoms with Gasteiger partial charge in [0.05, 0.1) is 7.11 Å². The Bertz CT molecular complexity index is 399. The molecule has 0 spiro atoms. The van der Waals surface area contributed by atoms with Crippen molar-refractivity contribution in [3.8, 4) is 0 Å². The number of nitrogens with one attached hydrogen (secondary N) is 1. The van der Waals surface area contributed by atoms with Gasteiger partial charge in [-0.15, -0.1) is 0 Å². The fraction of sp³-hybridized carbons (Fsp3) is 0.929. The number of carbonyl (C=O) groups excluding carboxylic acids is 1. The molecule has 5 nitrogen and oxygen atoms in total. The van der Waals surface area contributed by atoms with Crippen LogP contribution < -0.4 is 5.32 Å². The van der Waals surface area contributed by atoms with Crippen molar-refractivity contribution in [3.05, 3.63) is 0 Å². The molecule has 1 atom stereocenters. The van der Waals surface area contributed by atoms with Gasteiger partial charge in [0.2, 0.25) is 0 Å². The predicted octanol–water partition coefficient (Wildman–Crippen LogP) is 0.125. The average Bonchev–Trinajstić information content (AvgIpc) is 3.31. The van der Waals surface area contributed by atoms with Crippen molar-refractivity contribution < 1.29 is 13.7 Å². The number of methoxy groups -OCH3 is 1. The zero-order valence-corrected chi connectivity index (χ0v) is 12.9. The molecule has 1 N–H and O–H groups in total. The van der Waals surface area contributed by atoms with Crippen molar-refractivity contribution in [2.24, 2.45) is 5.92 Å². The molecule has 0 aromatic heterocycles. The third kappa shape index (κ3) is 3.07. The van der Waals surface area contributed by atoms with Gasteiger partial charge in [-0.1, -0.05) is 0 Å². The average molecular weight is 300 g/mol. The summed E-state index contributed by atoms with van der Waals surface area (Å²) < 4.78 is 16.6. The Morgan fingerprint density at radius 1 is 1.30 bits per heavy atom. The lowest BCUT2D eigenvalue weighted by Crippen LogP contribution is -2.63. The second-order valence-electron chi connectivity index (χ2n) is 6.28. The van der Waals surface area contributed by atoms with E-state index in [0.717, 1.165) is 50.3 Å². The van der Waals surface area contributed by atoms with Crippen LogP contribution in [0.4, 0.5) is 0 Å². The topological polar surface area (TPSA) is 58.6 Å². The van der Waals surface area contributed by atoms with Crippen LogP contribution in [-0.4, -0.2) is 64.9 Å². The highest BCUT2D eigenvalue weighted by Crippen LogP contribution is 2.43. The fourth-order valence-corrected chi connectivity index (χ4v) is 4.25. The molecule has 3 fully saturated rings. The van der Waals surface area contributed by atoms with E-state index in [2.05, 4.69) is 10.2 Å².